The van der Waals surface area contributed by atoms with E-state index in [1.54, 1.807) is 11.9 Å². The maximum absolute atomic E-state index is 11.5. The van der Waals surface area contributed by atoms with Crippen LogP contribution in [0.1, 0.15) is 39.0 Å². The standard InChI is InChI=1S/C11H22N2O2/c1-3-8-12-10(14)13(2)9-11(15)6-4-5-7-11/h15H,3-9H2,1-2H3,(H,12,14). The first kappa shape index (κ1) is 12.3. The highest BCUT2D eigenvalue weighted by Gasteiger charge is 2.33. The number of likely N-dealkylation sites (N-methyl/N-ethyl adjacent to an activating group) is 1. The molecule has 1 aliphatic carbocycles. The van der Waals surface area contributed by atoms with Crippen molar-refractivity contribution in [3.63, 3.8) is 0 Å². The number of hydrogen-bond donors (Lipinski definition) is 2. The molecule has 0 heterocycles. The van der Waals surface area contributed by atoms with E-state index in [1.807, 2.05) is 6.92 Å². The van der Waals surface area contributed by atoms with Gasteiger partial charge in [-0.2, -0.15) is 0 Å². The van der Waals surface area contributed by atoms with Crippen LogP contribution in [-0.2, 0) is 0 Å². The van der Waals surface area contributed by atoms with E-state index >= 15 is 0 Å². The monoisotopic (exact) mass is 214 g/mol. The van der Waals surface area contributed by atoms with Crippen LogP contribution in [0, 0.1) is 0 Å². The van der Waals surface area contributed by atoms with E-state index in [0.29, 0.717) is 13.1 Å². The lowest BCUT2D eigenvalue weighted by Crippen LogP contribution is -2.46. The minimum atomic E-state index is -0.641. The second-order valence-electron chi connectivity index (χ2n) is 4.52. The van der Waals surface area contributed by atoms with Crippen LogP contribution < -0.4 is 5.32 Å². The summed E-state index contributed by atoms with van der Waals surface area (Å²) in [5.41, 5.74) is -0.641. The van der Waals surface area contributed by atoms with Crippen molar-refractivity contribution in [2.24, 2.45) is 0 Å². The van der Waals surface area contributed by atoms with Crippen molar-refractivity contribution >= 4 is 6.03 Å². The molecule has 1 saturated carbocycles. The van der Waals surface area contributed by atoms with Gasteiger partial charge in [-0.05, 0) is 19.3 Å². The second kappa shape index (κ2) is 5.35. The van der Waals surface area contributed by atoms with Gasteiger partial charge < -0.3 is 15.3 Å². The van der Waals surface area contributed by atoms with Gasteiger partial charge in [-0.1, -0.05) is 19.8 Å². The van der Waals surface area contributed by atoms with Crippen molar-refractivity contribution in [3.8, 4) is 0 Å². The van der Waals surface area contributed by atoms with E-state index in [0.717, 1.165) is 32.1 Å². The molecule has 0 aliphatic heterocycles. The number of carbonyl (C=O) groups is 1. The molecule has 88 valence electrons. The SMILES string of the molecule is CCCNC(=O)N(C)CC1(O)CCCC1. The molecule has 0 aromatic heterocycles. The van der Waals surface area contributed by atoms with Crippen LogP contribution in [-0.4, -0.2) is 41.8 Å². The second-order valence-corrected chi connectivity index (χ2v) is 4.52. The maximum atomic E-state index is 11.5. The van der Waals surface area contributed by atoms with Crippen molar-refractivity contribution in [3.05, 3.63) is 0 Å². The first-order valence-corrected chi connectivity index (χ1v) is 5.79. The van der Waals surface area contributed by atoms with Crippen LogP contribution in [0.4, 0.5) is 4.79 Å². The summed E-state index contributed by atoms with van der Waals surface area (Å²) in [5, 5.41) is 12.9. The van der Waals surface area contributed by atoms with E-state index in [1.165, 1.54) is 0 Å². The first-order valence-electron chi connectivity index (χ1n) is 5.79. The Hall–Kier alpha value is -0.770. The molecule has 0 bridgehead atoms. The highest BCUT2D eigenvalue weighted by molar-refractivity contribution is 5.73. The highest BCUT2D eigenvalue weighted by atomic mass is 16.3. The van der Waals surface area contributed by atoms with Gasteiger partial charge in [-0.15, -0.1) is 0 Å². The zero-order chi connectivity index (χ0) is 11.3. The van der Waals surface area contributed by atoms with Crippen LogP contribution in [0.15, 0.2) is 0 Å². The van der Waals surface area contributed by atoms with Gasteiger partial charge in [0.15, 0.2) is 0 Å². The molecule has 0 unspecified atom stereocenters. The lowest BCUT2D eigenvalue weighted by molar-refractivity contribution is 0.0247. The predicted octanol–water partition coefficient (Wildman–Crippen LogP) is 1.34. The van der Waals surface area contributed by atoms with Crippen LogP contribution in [0.2, 0.25) is 0 Å². The third-order valence-electron chi connectivity index (χ3n) is 2.94. The van der Waals surface area contributed by atoms with Gasteiger partial charge in [0.25, 0.3) is 0 Å². The molecule has 0 radical (unpaired) electrons. The molecule has 0 saturated heterocycles. The molecule has 0 aromatic rings. The van der Waals surface area contributed by atoms with Gasteiger partial charge in [0.05, 0.1) is 12.1 Å². The molecule has 15 heavy (non-hydrogen) atoms. The Kier molecular flexibility index (Phi) is 4.39. The fourth-order valence-electron chi connectivity index (χ4n) is 2.07. The summed E-state index contributed by atoms with van der Waals surface area (Å²) in [5.74, 6) is 0. The average Bonchev–Trinajstić information content (AvgIpc) is 2.61. The zero-order valence-electron chi connectivity index (χ0n) is 9.75. The number of aliphatic hydroxyl groups is 1. The molecule has 1 rings (SSSR count). The quantitative estimate of drug-likeness (QED) is 0.742. The molecule has 2 amide bonds. The Bertz CT molecular complexity index is 213. The minimum absolute atomic E-state index is 0.0859. The molecule has 1 fully saturated rings. The molecule has 1 aliphatic rings. The first-order chi connectivity index (χ1) is 7.07. The van der Waals surface area contributed by atoms with Gasteiger partial charge in [0.2, 0.25) is 0 Å². The maximum Gasteiger partial charge on any atom is 0.317 e. The highest BCUT2D eigenvalue weighted by Crippen LogP contribution is 2.29. The van der Waals surface area contributed by atoms with Crippen molar-refractivity contribution < 1.29 is 9.90 Å². The number of urea groups is 1. The largest absolute Gasteiger partial charge is 0.388 e. The van der Waals surface area contributed by atoms with E-state index in [2.05, 4.69) is 5.32 Å². The van der Waals surface area contributed by atoms with Crippen molar-refractivity contribution in [1.82, 2.24) is 10.2 Å². The average molecular weight is 214 g/mol. The fraction of sp³-hybridized carbons (Fsp3) is 0.909. The molecule has 4 heteroatoms. The Labute approximate surface area is 91.6 Å². The number of hydrogen-bond acceptors (Lipinski definition) is 2. The summed E-state index contributed by atoms with van der Waals surface area (Å²) in [7, 11) is 1.74. The third kappa shape index (κ3) is 3.70. The van der Waals surface area contributed by atoms with Crippen LogP contribution in [0.25, 0.3) is 0 Å². The van der Waals surface area contributed by atoms with Gasteiger partial charge in [-0.3, -0.25) is 0 Å². The van der Waals surface area contributed by atoms with Crippen molar-refractivity contribution in [2.75, 3.05) is 20.1 Å². The number of amides is 2. The fourth-order valence-corrected chi connectivity index (χ4v) is 2.07. The summed E-state index contributed by atoms with van der Waals surface area (Å²) in [6, 6.07) is -0.0859. The minimum Gasteiger partial charge on any atom is -0.388 e. The van der Waals surface area contributed by atoms with Crippen LogP contribution in [0.5, 0.6) is 0 Å². The van der Waals surface area contributed by atoms with Gasteiger partial charge >= 0.3 is 6.03 Å². The molecule has 0 atom stereocenters. The molecule has 0 spiro atoms. The summed E-state index contributed by atoms with van der Waals surface area (Å²) in [6.45, 7) is 3.16. The normalized spacial score (nSPS) is 18.9. The Morgan fingerprint density at radius 3 is 2.60 bits per heavy atom. The predicted molar refractivity (Wildman–Crippen MR) is 59.7 cm³/mol. The molecule has 2 N–H and O–H groups in total. The van der Waals surface area contributed by atoms with Crippen molar-refractivity contribution in [1.29, 1.82) is 0 Å². The molecule has 0 aromatic carbocycles. The van der Waals surface area contributed by atoms with Crippen molar-refractivity contribution in [2.45, 2.75) is 44.6 Å². The summed E-state index contributed by atoms with van der Waals surface area (Å²) < 4.78 is 0. The lowest BCUT2D eigenvalue weighted by atomic mass is 10.0. The van der Waals surface area contributed by atoms with Gasteiger partial charge in [0.1, 0.15) is 0 Å². The summed E-state index contributed by atoms with van der Waals surface area (Å²) >= 11 is 0. The number of rotatable bonds is 4. The third-order valence-corrected chi connectivity index (χ3v) is 2.94. The topological polar surface area (TPSA) is 52.6 Å². The number of nitrogens with one attached hydrogen (secondary N) is 1. The zero-order valence-corrected chi connectivity index (χ0v) is 9.75. The van der Waals surface area contributed by atoms with E-state index in [9.17, 15) is 9.90 Å². The van der Waals surface area contributed by atoms with E-state index in [4.69, 9.17) is 0 Å². The Balaban J connectivity index is 2.33. The molecular formula is C11H22N2O2. The Morgan fingerprint density at radius 1 is 1.47 bits per heavy atom. The smallest absolute Gasteiger partial charge is 0.317 e. The molecule has 4 nitrogen and oxygen atoms in total. The van der Waals surface area contributed by atoms with Gasteiger partial charge in [-0.25, -0.2) is 4.79 Å². The van der Waals surface area contributed by atoms with E-state index < -0.39 is 5.60 Å². The lowest BCUT2D eigenvalue weighted by Gasteiger charge is -2.28. The summed E-state index contributed by atoms with van der Waals surface area (Å²) in [6.07, 6.45) is 4.71. The molecular weight excluding hydrogens is 192 g/mol. The Morgan fingerprint density at radius 2 is 2.07 bits per heavy atom. The van der Waals surface area contributed by atoms with Crippen LogP contribution >= 0.6 is 0 Å². The van der Waals surface area contributed by atoms with E-state index in [-0.39, 0.29) is 6.03 Å². The number of nitrogens with zero attached hydrogens (tertiary/aromatic N) is 1. The number of carbonyl (C=O) groups excluding carboxylic acids is 1. The van der Waals surface area contributed by atoms with Crippen LogP contribution in [0.3, 0.4) is 0 Å². The summed E-state index contributed by atoms with van der Waals surface area (Å²) in [4.78, 5) is 13.1. The van der Waals surface area contributed by atoms with Gasteiger partial charge in [0, 0.05) is 13.6 Å².